The summed E-state index contributed by atoms with van der Waals surface area (Å²) in [6.45, 7) is 7.59. The predicted molar refractivity (Wildman–Crippen MR) is 88.6 cm³/mol. The van der Waals surface area contributed by atoms with Gasteiger partial charge in [-0.15, -0.1) is 0 Å². The van der Waals surface area contributed by atoms with Gasteiger partial charge >= 0.3 is 0 Å². The maximum atomic E-state index is 4.86. The Kier molecular flexibility index (Phi) is 5.57. The summed E-state index contributed by atoms with van der Waals surface area (Å²) in [6, 6.07) is 11.0. The minimum absolute atomic E-state index is 0.361. The molecule has 0 saturated carbocycles. The van der Waals surface area contributed by atoms with Crippen LogP contribution in [0, 0.1) is 0 Å². The van der Waals surface area contributed by atoms with E-state index in [0.29, 0.717) is 6.04 Å². The molecule has 2 aromatic rings. The van der Waals surface area contributed by atoms with Crippen molar-refractivity contribution in [2.75, 3.05) is 7.05 Å². The third kappa shape index (κ3) is 3.53. The highest BCUT2D eigenvalue weighted by Crippen LogP contribution is 2.23. The van der Waals surface area contributed by atoms with Crippen molar-refractivity contribution in [2.24, 2.45) is 0 Å². The molecule has 114 valence electrons. The Morgan fingerprint density at radius 3 is 2.43 bits per heavy atom. The van der Waals surface area contributed by atoms with E-state index >= 15 is 0 Å². The van der Waals surface area contributed by atoms with Gasteiger partial charge in [0.2, 0.25) is 0 Å². The second kappa shape index (κ2) is 7.41. The molecule has 21 heavy (non-hydrogen) atoms. The largest absolute Gasteiger partial charge is 0.313 e. The first-order valence-corrected chi connectivity index (χ1v) is 8.00. The van der Waals surface area contributed by atoms with Crippen LogP contribution in [0.3, 0.4) is 0 Å². The van der Waals surface area contributed by atoms with Gasteiger partial charge in [0.25, 0.3) is 0 Å². The van der Waals surface area contributed by atoms with E-state index in [2.05, 4.69) is 61.1 Å². The molecule has 0 saturated heterocycles. The standard InChI is InChI=1S/C18H27N3/c1-5-16-18(14(3)19-4)17(6-2)21(20-16)13-12-15-10-8-7-9-11-15/h7-11,14,19H,5-6,12-13H2,1-4H3. The second-order valence-corrected chi connectivity index (χ2v) is 5.48. The minimum atomic E-state index is 0.361. The molecule has 0 bridgehead atoms. The fourth-order valence-corrected chi connectivity index (χ4v) is 2.91. The Balaban J connectivity index is 2.25. The molecule has 1 aromatic carbocycles. The molecular weight excluding hydrogens is 258 g/mol. The molecule has 1 atom stereocenters. The third-order valence-electron chi connectivity index (χ3n) is 4.17. The van der Waals surface area contributed by atoms with Crippen LogP contribution in [0.5, 0.6) is 0 Å². The molecule has 0 spiro atoms. The van der Waals surface area contributed by atoms with Gasteiger partial charge in [0, 0.05) is 23.8 Å². The van der Waals surface area contributed by atoms with Gasteiger partial charge in [-0.2, -0.15) is 5.10 Å². The fraction of sp³-hybridized carbons (Fsp3) is 0.500. The van der Waals surface area contributed by atoms with Gasteiger partial charge in [0.15, 0.2) is 0 Å². The van der Waals surface area contributed by atoms with Gasteiger partial charge in [-0.3, -0.25) is 4.68 Å². The molecule has 0 aliphatic heterocycles. The van der Waals surface area contributed by atoms with Crippen LogP contribution in [0.1, 0.15) is 49.3 Å². The monoisotopic (exact) mass is 285 g/mol. The molecule has 0 amide bonds. The van der Waals surface area contributed by atoms with E-state index in [0.717, 1.165) is 25.8 Å². The number of aryl methyl sites for hydroxylation is 3. The van der Waals surface area contributed by atoms with E-state index in [1.165, 1.54) is 22.5 Å². The van der Waals surface area contributed by atoms with E-state index in [-0.39, 0.29) is 0 Å². The van der Waals surface area contributed by atoms with Crippen LogP contribution >= 0.6 is 0 Å². The number of benzene rings is 1. The molecule has 3 nitrogen and oxygen atoms in total. The first-order chi connectivity index (χ1) is 10.2. The van der Waals surface area contributed by atoms with Crippen molar-refractivity contribution < 1.29 is 0 Å². The van der Waals surface area contributed by atoms with Crippen molar-refractivity contribution in [3.8, 4) is 0 Å². The van der Waals surface area contributed by atoms with E-state index in [1.54, 1.807) is 0 Å². The summed E-state index contributed by atoms with van der Waals surface area (Å²) in [7, 11) is 2.02. The molecular formula is C18H27N3. The molecule has 1 heterocycles. The summed E-state index contributed by atoms with van der Waals surface area (Å²) in [6.07, 6.45) is 3.06. The van der Waals surface area contributed by atoms with Crippen molar-refractivity contribution in [2.45, 2.75) is 52.6 Å². The van der Waals surface area contributed by atoms with E-state index in [4.69, 9.17) is 5.10 Å². The Hall–Kier alpha value is -1.61. The summed E-state index contributed by atoms with van der Waals surface area (Å²) in [5.74, 6) is 0. The topological polar surface area (TPSA) is 29.9 Å². The highest BCUT2D eigenvalue weighted by atomic mass is 15.3. The lowest BCUT2D eigenvalue weighted by Gasteiger charge is -2.13. The molecule has 1 aromatic heterocycles. The Morgan fingerprint density at radius 2 is 1.86 bits per heavy atom. The lowest BCUT2D eigenvalue weighted by atomic mass is 10.0. The number of aromatic nitrogens is 2. The Morgan fingerprint density at radius 1 is 1.14 bits per heavy atom. The SMILES string of the molecule is CCc1nn(CCc2ccccc2)c(CC)c1C(C)NC. The number of rotatable bonds is 7. The quantitative estimate of drug-likeness (QED) is 0.843. The summed E-state index contributed by atoms with van der Waals surface area (Å²) >= 11 is 0. The predicted octanol–water partition coefficient (Wildman–Crippen LogP) is 3.53. The summed E-state index contributed by atoms with van der Waals surface area (Å²) in [4.78, 5) is 0. The number of hydrogen-bond donors (Lipinski definition) is 1. The normalized spacial score (nSPS) is 12.6. The zero-order chi connectivity index (χ0) is 15.2. The van der Waals surface area contributed by atoms with Gasteiger partial charge < -0.3 is 5.32 Å². The maximum Gasteiger partial charge on any atom is 0.0672 e. The van der Waals surface area contributed by atoms with Crippen LogP contribution in [-0.2, 0) is 25.8 Å². The molecule has 3 heteroatoms. The lowest BCUT2D eigenvalue weighted by Crippen LogP contribution is -2.16. The summed E-state index contributed by atoms with van der Waals surface area (Å²) in [5.41, 5.74) is 5.39. The van der Waals surface area contributed by atoms with Crippen LogP contribution in [0.4, 0.5) is 0 Å². The Labute approximate surface area is 128 Å². The molecule has 0 aliphatic rings. The van der Waals surface area contributed by atoms with E-state index < -0.39 is 0 Å². The Bertz CT molecular complexity index is 557. The van der Waals surface area contributed by atoms with Crippen LogP contribution in [0.15, 0.2) is 30.3 Å². The zero-order valence-corrected chi connectivity index (χ0v) is 13.7. The molecule has 0 radical (unpaired) electrons. The number of nitrogens with zero attached hydrogens (tertiary/aromatic N) is 2. The van der Waals surface area contributed by atoms with Gasteiger partial charge in [0.1, 0.15) is 0 Å². The molecule has 0 aliphatic carbocycles. The van der Waals surface area contributed by atoms with Crippen LogP contribution in [-0.4, -0.2) is 16.8 Å². The highest BCUT2D eigenvalue weighted by molar-refractivity contribution is 5.30. The van der Waals surface area contributed by atoms with Gasteiger partial charge in [-0.05, 0) is 38.8 Å². The van der Waals surface area contributed by atoms with E-state index in [9.17, 15) is 0 Å². The van der Waals surface area contributed by atoms with Gasteiger partial charge in [-0.25, -0.2) is 0 Å². The summed E-state index contributed by atoms with van der Waals surface area (Å²) < 4.78 is 2.22. The van der Waals surface area contributed by atoms with Crippen LogP contribution in [0.2, 0.25) is 0 Å². The molecule has 0 fully saturated rings. The molecule has 1 unspecified atom stereocenters. The van der Waals surface area contributed by atoms with Crippen LogP contribution in [0.25, 0.3) is 0 Å². The van der Waals surface area contributed by atoms with E-state index in [1.807, 2.05) is 7.05 Å². The first kappa shape index (κ1) is 15.8. The lowest BCUT2D eigenvalue weighted by molar-refractivity contribution is 0.576. The zero-order valence-electron chi connectivity index (χ0n) is 13.7. The van der Waals surface area contributed by atoms with Crippen LogP contribution < -0.4 is 5.32 Å². The first-order valence-electron chi connectivity index (χ1n) is 8.00. The number of nitrogens with one attached hydrogen (secondary N) is 1. The number of hydrogen-bond acceptors (Lipinski definition) is 2. The smallest absolute Gasteiger partial charge is 0.0672 e. The fourth-order valence-electron chi connectivity index (χ4n) is 2.91. The van der Waals surface area contributed by atoms with Crippen molar-refractivity contribution in [3.63, 3.8) is 0 Å². The van der Waals surface area contributed by atoms with Crippen molar-refractivity contribution in [1.29, 1.82) is 0 Å². The van der Waals surface area contributed by atoms with Crippen molar-refractivity contribution in [3.05, 3.63) is 52.8 Å². The van der Waals surface area contributed by atoms with Gasteiger partial charge in [-0.1, -0.05) is 44.2 Å². The van der Waals surface area contributed by atoms with Crippen molar-refractivity contribution >= 4 is 0 Å². The molecule has 1 N–H and O–H groups in total. The average molecular weight is 285 g/mol. The third-order valence-corrected chi connectivity index (χ3v) is 4.17. The molecule has 2 rings (SSSR count). The minimum Gasteiger partial charge on any atom is -0.313 e. The maximum absolute atomic E-state index is 4.86. The van der Waals surface area contributed by atoms with Gasteiger partial charge in [0.05, 0.1) is 5.69 Å². The highest BCUT2D eigenvalue weighted by Gasteiger charge is 2.19. The second-order valence-electron chi connectivity index (χ2n) is 5.48. The van der Waals surface area contributed by atoms with Crippen molar-refractivity contribution in [1.82, 2.24) is 15.1 Å². The average Bonchev–Trinajstić information content (AvgIpc) is 2.90. The summed E-state index contributed by atoms with van der Waals surface area (Å²) in [5, 5.41) is 8.22.